The fourth-order valence-electron chi connectivity index (χ4n) is 5.95. The summed E-state index contributed by atoms with van der Waals surface area (Å²) in [6.07, 6.45) is 2.70. The zero-order valence-electron chi connectivity index (χ0n) is 18.9. The molecule has 0 saturated carbocycles. The summed E-state index contributed by atoms with van der Waals surface area (Å²) in [6.45, 7) is 3.49. The first-order valence-electron chi connectivity index (χ1n) is 11.8. The molecule has 1 unspecified atom stereocenters. The molecule has 3 atom stereocenters. The number of nitrogens with zero attached hydrogens (tertiary/aromatic N) is 2. The molecule has 1 aliphatic carbocycles. The summed E-state index contributed by atoms with van der Waals surface area (Å²) < 4.78 is 13.4. The molecule has 2 bridgehead atoms. The van der Waals surface area contributed by atoms with Crippen LogP contribution in [-0.4, -0.2) is 34.6 Å². The van der Waals surface area contributed by atoms with Crippen molar-refractivity contribution in [1.29, 1.82) is 0 Å². The first kappa shape index (κ1) is 21.5. The second-order valence-corrected chi connectivity index (χ2v) is 10.1. The number of benzene rings is 1. The average molecular weight is 481 g/mol. The van der Waals surface area contributed by atoms with Crippen LogP contribution in [0.3, 0.4) is 0 Å². The van der Waals surface area contributed by atoms with Crippen molar-refractivity contribution >= 4 is 28.5 Å². The highest BCUT2D eigenvalue weighted by molar-refractivity contribution is 6.32. The second-order valence-electron chi connectivity index (χ2n) is 9.68. The van der Waals surface area contributed by atoms with Crippen LogP contribution in [0.15, 0.2) is 44.3 Å². The molecule has 4 heterocycles. The van der Waals surface area contributed by atoms with E-state index in [1.807, 2.05) is 15.5 Å². The first-order chi connectivity index (χ1) is 16.4. The number of halogens is 1. The fraction of sp³-hybridized carbons (Fsp3) is 0.423. The highest BCUT2D eigenvalue weighted by Gasteiger charge is 2.37. The van der Waals surface area contributed by atoms with Gasteiger partial charge >= 0.3 is 5.63 Å². The van der Waals surface area contributed by atoms with Gasteiger partial charge in [0.1, 0.15) is 11.3 Å². The third-order valence-corrected chi connectivity index (χ3v) is 7.76. The van der Waals surface area contributed by atoms with Crippen molar-refractivity contribution in [2.24, 2.45) is 5.92 Å². The molecule has 1 amide bonds. The summed E-state index contributed by atoms with van der Waals surface area (Å²) in [7, 11) is 0. The topological polar surface area (TPSA) is 81.8 Å². The molecule has 0 spiro atoms. The Morgan fingerprint density at radius 2 is 1.97 bits per heavy atom. The van der Waals surface area contributed by atoms with Crippen LogP contribution in [-0.2, 0) is 24.2 Å². The molecule has 1 saturated heterocycles. The number of likely N-dealkylation sites (tertiary alicyclic amines) is 1. The van der Waals surface area contributed by atoms with E-state index in [9.17, 15) is 14.4 Å². The van der Waals surface area contributed by atoms with Crippen molar-refractivity contribution in [1.82, 2.24) is 9.47 Å². The third kappa shape index (κ3) is 3.45. The molecular formula is C26H25ClN2O5. The van der Waals surface area contributed by atoms with Gasteiger partial charge in [-0.05, 0) is 56.2 Å². The van der Waals surface area contributed by atoms with Gasteiger partial charge in [0.25, 0.3) is 11.5 Å². The predicted octanol–water partition coefficient (Wildman–Crippen LogP) is 3.51. The minimum absolute atomic E-state index is 0.0203. The van der Waals surface area contributed by atoms with Gasteiger partial charge in [-0.15, -0.1) is 0 Å². The van der Waals surface area contributed by atoms with Gasteiger partial charge in [0.15, 0.2) is 6.10 Å². The van der Waals surface area contributed by atoms with Crippen molar-refractivity contribution in [2.45, 2.75) is 51.2 Å². The summed E-state index contributed by atoms with van der Waals surface area (Å²) in [4.78, 5) is 39.7. The minimum Gasteiger partial charge on any atom is -0.479 e. The molecule has 1 fully saturated rings. The maximum atomic E-state index is 13.3. The zero-order valence-corrected chi connectivity index (χ0v) is 19.6. The lowest BCUT2D eigenvalue weighted by atomic mass is 9.83. The van der Waals surface area contributed by atoms with Gasteiger partial charge in [-0.2, -0.15) is 0 Å². The number of carbonyl (C=O) groups excluding carboxylic acids is 1. The maximum absolute atomic E-state index is 13.3. The third-order valence-electron chi connectivity index (χ3n) is 7.47. The van der Waals surface area contributed by atoms with Gasteiger partial charge in [0.2, 0.25) is 0 Å². The van der Waals surface area contributed by atoms with Gasteiger partial charge in [0, 0.05) is 54.3 Å². The van der Waals surface area contributed by atoms with Crippen molar-refractivity contribution in [3.63, 3.8) is 0 Å². The Morgan fingerprint density at radius 3 is 2.82 bits per heavy atom. The van der Waals surface area contributed by atoms with Crippen LogP contribution < -0.4 is 15.9 Å². The van der Waals surface area contributed by atoms with Crippen LogP contribution >= 0.6 is 11.6 Å². The summed E-state index contributed by atoms with van der Waals surface area (Å²) >= 11 is 6.53. The van der Waals surface area contributed by atoms with E-state index in [4.69, 9.17) is 20.8 Å². The van der Waals surface area contributed by atoms with Crippen molar-refractivity contribution in [3.8, 4) is 5.75 Å². The Kier molecular flexibility index (Phi) is 5.06. The number of hydrogen-bond acceptors (Lipinski definition) is 5. The standard InChI is InChI=1S/C26H25ClN2O5/c1-14(25(31)28-11-15-8-16(13-28)21-6-3-7-24(30)29(21)12-15)33-23-10-22-19(9-20(23)27)17-4-2-5-18(17)26(32)34-22/h3,6-7,9-10,14-16H,2,4-5,8,11-13H2,1H3/t14?,15-,16-/m1/s1. The molecular weight excluding hydrogens is 456 g/mol. The highest BCUT2D eigenvalue weighted by atomic mass is 35.5. The van der Waals surface area contributed by atoms with Crippen LogP contribution in [0, 0.1) is 5.92 Å². The van der Waals surface area contributed by atoms with E-state index in [0.29, 0.717) is 36.0 Å². The van der Waals surface area contributed by atoms with Gasteiger partial charge in [-0.25, -0.2) is 4.79 Å². The van der Waals surface area contributed by atoms with Gasteiger partial charge < -0.3 is 18.6 Å². The number of amides is 1. The van der Waals surface area contributed by atoms with E-state index in [1.54, 1.807) is 31.2 Å². The number of ether oxygens (including phenoxy) is 1. The summed E-state index contributed by atoms with van der Waals surface area (Å²) in [5.74, 6) is 0.583. The van der Waals surface area contributed by atoms with Crippen LogP contribution in [0.25, 0.3) is 11.0 Å². The van der Waals surface area contributed by atoms with Gasteiger partial charge in [0.05, 0.1) is 5.02 Å². The van der Waals surface area contributed by atoms with Crippen LogP contribution in [0.4, 0.5) is 0 Å². The highest BCUT2D eigenvalue weighted by Crippen LogP contribution is 2.37. The van der Waals surface area contributed by atoms with Crippen molar-refractivity contribution in [2.75, 3.05) is 13.1 Å². The number of pyridine rings is 1. The minimum atomic E-state index is -0.757. The smallest absolute Gasteiger partial charge is 0.339 e. The SMILES string of the molecule is CC(Oc1cc2oc(=O)c3c(c2cc1Cl)CCC3)C(=O)N1C[C@H]2C[C@H](C1)c1cccc(=O)n1C2. The summed E-state index contributed by atoms with van der Waals surface area (Å²) in [6, 6.07) is 8.75. The second kappa shape index (κ2) is 8.01. The molecule has 176 valence electrons. The Morgan fingerprint density at radius 1 is 1.15 bits per heavy atom. The van der Waals surface area contributed by atoms with E-state index in [0.717, 1.165) is 47.9 Å². The molecule has 34 heavy (non-hydrogen) atoms. The van der Waals surface area contributed by atoms with E-state index < -0.39 is 6.10 Å². The van der Waals surface area contributed by atoms with Crippen LogP contribution in [0.5, 0.6) is 5.75 Å². The van der Waals surface area contributed by atoms with Crippen LogP contribution in [0.1, 0.15) is 42.5 Å². The quantitative estimate of drug-likeness (QED) is 0.536. The van der Waals surface area contributed by atoms with Crippen molar-refractivity contribution in [3.05, 3.63) is 72.9 Å². The Balaban J connectivity index is 1.24. The number of aryl methyl sites for hydroxylation is 1. The molecule has 3 aromatic rings. The molecule has 2 aliphatic heterocycles. The summed E-state index contributed by atoms with van der Waals surface area (Å²) in [5, 5.41) is 1.22. The zero-order chi connectivity index (χ0) is 23.6. The lowest BCUT2D eigenvalue weighted by Crippen LogP contribution is -2.52. The molecule has 2 aromatic heterocycles. The predicted molar refractivity (Wildman–Crippen MR) is 128 cm³/mol. The molecule has 3 aliphatic rings. The molecule has 7 nitrogen and oxygen atoms in total. The molecule has 0 radical (unpaired) electrons. The lowest BCUT2D eigenvalue weighted by Gasteiger charge is -2.43. The van der Waals surface area contributed by atoms with E-state index in [1.165, 1.54) is 0 Å². The molecule has 1 aromatic carbocycles. The fourth-order valence-corrected chi connectivity index (χ4v) is 6.16. The molecule has 8 heteroatoms. The lowest BCUT2D eigenvalue weighted by molar-refractivity contribution is -0.140. The normalized spacial score (nSPS) is 21.8. The maximum Gasteiger partial charge on any atom is 0.339 e. The first-order valence-corrected chi connectivity index (χ1v) is 12.2. The van der Waals surface area contributed by atoms with Crippen LogP contribution in [0.2, 0.25) is 5.02 Å². The van der Waals surface area contributed by atoms with Gasteiger partial charge in [-0.3, -0.25) is 9.59 Å². The number of hydrogen-bond donors (Lipinski definition) is 0. The Bertz CT molecular complexity index is 1440. The summed E-state index contributed by atoms with van der Waals surface area (Å²) in [5.41, 5.74) is 2.88. The van der Waals surface area contributed by atoms with E-state index >= 15 is 0 Å². The number of rotatable bonds is 3. The molecule has 0 N–H and O–H groups in total. The number of piperidine rings is 1. The number of fused-ring (bicyclic) bond motifs is 7. The number of carbonyl (C=O) groups is 1. The average Bonchev–Trinajstić information content (AvgIpc) is 3.31. The van der Waals surface area contributed by atoms with E-state index in [2.05, 4.69) is 0 Å². The molecule has 6 rings (SSSR count). The number of aromatic nitrogens is 1. The van der Waals surface area contributed by atoms with Gasteiger partial charge in [-0.1, -0.05) is 17.7 Å². The monoisotopic (exact) mass is 480 g/mol. The van der Waals surface area contributed by atoms with Crippen molar-refractivity contribution < 1.29 is 13.9 Å². The Hall–Kier alpha value is -3.06. The largest absolute Gasteiger partial charge is 0.479 e. The Labute approximate surface area is 200 Å². The van der Waals surface area contributed by atoms with E-state index in [-0.39, 0.29) is 28.9 Å².